The quantitative estimate of drug-likeness (QED) is 0.837. The number of rotatable bonds is 5. The van der Waals surface area contributed by atoms with Gasteiger partial charge in [-0.3, -0.25) is 0 Å². The molecule has 1 heterocycles. The van der Waals surface area contributed by atoms with Crippen LogP contribution in [0.3, 0.4) is 0 Å². The molecule has 0 atom stereocenters. The average molecular weight is 392 g/mol. The molecule has 0 aliphatic carbocycles. The van der Waals surface area contributed by atoms with Crippen molar-refractivity contribution < 1.29 is 14.6 Å². The lowest BCUT2D eigenvalue weighted by molar-refractivity contribution is 0.0695. The van der Waals surface area contributed by atoms with Crippen LogP contribution in [0.1, 0.15) is 10.4 Å². The van der Waals surface area contributed by atoms with Gasteiger partial charge in [-0.1, -0.05) is 0 Å². The Hall–Kier alpha value is -1.48. The second-order valence-electron chi connectivity index (χ2n) is 3.46. The highest BCUT2D eigenvalue weighted by Gasteiger charge is 2.15. The summed E-state index contributed by atoms with van der Waals surface area (Å²) in [6, 6.07) is 3.12. The Morgan fingerprint density at radius 3 is 2.84 bits per heavy atom. The summed E-state index contributed by atoms with van der Waals surface area (Å²) in [7, 11) is 0. The predicted molar refractivity (Wildman–Crippen MR) is 72.1 cm³/mol. The Labute approximate surface area is 124 Å². The molecule has 2 aromatic rings. The second kappa shape index (κ2) is 6.11. The van der Waals surface area contributed by atoms with Gasteiger partial charge in [-0.2, -0.15) is 0 Å². The molecule has 0 spiro atoms. The van der Waals surface area contributed by atoms with Gasteiger partial charge < -0.3 is 9.84 Å². The van der Waals surface area contributed by atoms with Crippen LogP contribution in [-0.2, 0) is 6.54 Å². The van der Waals surface area contributed by atoms with Crippen molar-refractivity contribution in [2.75, 3.05) is 6.61 Å². The Kier molecular flexibility index (Phi) is 4.48. The van der Waals surface area contributed by atoms with Gasteiger partial charge in [0.25, 0.3) is 0 Å². The molecule has 0 unspecified atom stereocenters. The van der Waals surface area contributed by atoms with E-state index >= 15 is 0 Å². The van der Waals surface area contributed by atoms with E-state index in [0.29, 0.717) is 27.8 Å². The summed E-state index contributed by atoms with van der Waals surface area (Å²) < 4.78 is 8.14. The molecule has 100 valence electrons. The molecule has 0 bridgehead atoms. The fourth-order valence-corrected chi connectivity index (χ4v) is 2.69. The fraction of sp³-hybridized carbons (Fsp3) is 0.200. The number of aromatic carboxylic acids is 1. The highest BCUT2D eigenvalue weighted by atomic mass is 79.9. The van der Waals surface area contributed by atoms with Gasteiger partial charge in [0.2, 0.25) is 0 Å². The zero-order chi connectivity index (χ0) is 13.8. The van der Waals surface area contributed by atoms with Crippen LogP contribution in [0.2, 0.25) is 0 Å². The lowest BCUT2D eigenvalue weighted by Gasteiger charge is -2.11. The van der Waals surface area contributed by atoms with E-state index in [1.807, 2.05) is 0 Å². The maximum atomic E-state index is 11.0. The van der Waals surface area contributed by atoms with Gasteiger partial charge in [0.1, 0.15) is 18.7 Å². The summed E-state index contributed by atoms with van der Waals surface area (Å²) in [5, 5.41) is 19.7. The van der Waals surface area contributed by atoms with Crippen molar-refractivity contribution in [1.29, 1.82) is 0 Å². The first-order valence-electron chi connectivity index (χ1n) is 5.14. The van der Waals surface area contributed by atoms with Gasteiger partial charge in [-0.15, -0.1) is 5.10 Å². The van der Waals surface area contributed by atoms with Gasteiger partial charge in [-0.05, 0) is 54.4 Å². The molecule has 0 aliphatic heterocycles. The van der Waals surface area contributed by atoms with Crippen LogP contribution in [0.15, 0.2) is 27.4 Å². The van der Waals surface area contributed by atoms with Crippen LogP contribution in [0.5, 0.6) is 5.75 Å². The maximum absolute atomic E-state index is 11.0. The van der Waals surface area contributed by atoms with E-state index in [4.69, 9.17) is 9.84 Å². The molecule has 0 aliphatic rings. The lowest BCUT2D eigenvalue weighted by atomic mass is 10.2. The molecule has 1 aromatic heterocycles. The van der Waals surface area contributed by atoms with Crippen LogP contribution >= 0.6 is 31.9 Å². The van der Waals surface area contributed by atoms with Crippen molar-refractivity contribution in [3.8, 4) is 5.75 Å². The van der Waals surface area contributed by atoms with Crippen molar-refractivity contribution in [1.82, 2.24) is 20.2 Å². The fourth-order valence-electron chi connectivity index (χ4n) is 1.35. The summed E-state index contributed by atoms with van der Waals surface area (Å²) in [5.74, 6) is -0.585. The van der Waals surface area contributed by atoms with Crippen LogP contribution in [-0.4, -0.2) is 37.9 Å². The number of ether oxygens (including phenoxy) is 1. The minimum atomic E-state index is -1.02. The number of aromatic nitrogens is 4. The number of hydrogen-bond donors (Lipinski definition) is 1. The molecule has 0 amide bonds. The lowest BCUT2D eigenvalue weighted by Crippen LogP contribution is -2.10. The normalized spacial score (nSPS) is 10.4. The summed E-state index contributed by atoms with van der Waals surface area (Å²) in [4.78, 5) is 11.0. The molecule has 0 radical (unpaired) electrons. The first-order chi connectivity index (χ1) is 9.09. The molecular weight excluding hydrogens is 384 g/mol. The van der Waals surface area contributed by atoms with Crippen molar-refractivity contribution >= 4 is 37.8 Å². The van der Waals surface area contributed by atoms with Gasteiger partial charge in [-0.25, -0.2) is 9.48 Å². The van der Waals surface area contributed by atoms with E-state index in [9.17, 15) is 4.79 Å². The molecule has 9 heteroatoms. The molecule has 7 nitrogen and oxygen atoms in total. The van der Waals surface area contributed by atoms with Crippen molar-refractivity contribution in [2.45, 2.75) is 6.54 Å². The van der Waals surface area contributed by atoms with Crippen molar-refractivity contribution in [3.05, 3.63) is 33.0 Å². The third kappa shape index (κ3) is 3.29. The molecule has 0 saturated carbocycles. The minimum Gasteiger partial charge on any atom is -0.489 e. The Bertz CT molecular complexity index is 589. The van der Waals surface area contributed by atoms with Crippen LogP contribution in [0.25, 0.3) is 0 Å². The monoisotopic (exact) mass is 390 g/mol. The van der Waals surface area contributed by atoms with Gasteiger partial charge in [0.05, 0.1) is 21.1 Å². The van der Waals surface area contributed by atoms with Gasteiger partial charge in [0.15, 0.2) is 0 Å². The van der Waals surface area contributed by atoms with E-state index < -0.39 is 5.97 Å². The number of hydrogen-bond acceptors (Lipinski definition) is 5. The minimum absolute atomic E-state index is 0.139. The molecule has 0 fully saturated rings. The number of carboxylic acid groups (broad SMARTS) is 1. The molecule has 0 saturated heterocycles. The number of halogens is 2. The second-order valence-corrected chi connectivity index (χ2v) is 5.11. The molecular formula is C10H8Br2N4O3. The maximum Gasteiger partial charge on any atom is 0.336 e. The highest BCUT2D eigenvalue weighted by Crippen LogP contribution is 2.36. The first-order valence-corrected chi connectivity index (χ1v) is 6.73. The number of benzene rings is 1. The van der Waals surface area contributed by atoms with Gasteiger partial charge in [0, 0.05) is 0 Å². The number of carboxylic acids is 1. The zero-order valence-electron chi connectivity index (χ0n) is 9.45. The summed E-state index contributed by atoms with van der Waals surface area (Å²) >= 11 is 6.54. The highest BCUT2D eigenvalue weighted by molar-refractivity contribution is 9.11. The van der Waals surface area contributed by atoms with Crippen LogP contribution in [0, 0.1) is 0 Å². The van der Waals surface area contributed by atoms with Crippen LogP contribution < -0.4 is 4.74 Å². The third-order valence-corrected chi connectivity index (χ3v) is 3.65. The summed E-state index contributed by atoms with van der Waals surface area (Å²) in [6.45, 7) is 0.772. The first kappa shape index (κ1) is 13.9. The van der Waals surface area contributed by atoms with E-state index in [0.717, 1.165) is 0 Å². The van der Waals surface area contributed by atoms with E-state index in [1.54, 1.807) is 6.07 Å². The largest absolute Gasteiger partial charge is 0.489 e. The summed E-state index contributed by atoms with van der Waals surface area (Å²) in [6.07, 6.45) is 1.47. The summed E-state index contributed by atoms with van der Waals surface area (Å²) in [5.41, 5.74) is 0.139. The Morgan fingerprint density at radius 1 is 1.42 bits per heavy atom. The Morgan fingerprint density at radius 2 is 2.21 bits per heavy atom. The smallest absolute Gasteiger partial charge is 0.336 e. The molecule has 19 heavy (non-hydrogen) atoms. The topological polar surface area (TPSA) is 90.1 Å². The van der Waals surface area contributed by atoms with E-state index in [1.165, 1.54) is 17.1 Å². The Balaban J connectivity index is 2.11. The number of nitrogens with zero attached hydrogens (tertiary/aromatic N) is 4. The number of carbonyl (C=O) groups is 1. The predicted octanol–water partition coefficient (Wildman–Crippen LogP) is 1.98. The average Bonchev–Trinajstić information content (AvgIpc) is 2.86. The number of tetrazole rings is 1. The van der Waals surface area contributed by atoms with Crippen molar-refractivity contribution in [2.24, 2.45) is 0 Å². The van der Waals surface area contributed by atoms with Crippen LogP contribution in [0.4, 0.5) is 0 Å². The SMILES string of the molecule is O=C(O)c1ccc(Br)c(OCCn2cnnn2)c1Br. The third-order valence-electron chi connectivity index (χ3n) is 2.24. The zero-order valence-corrected chi connectivity index (χ0v) is 12.6. The molecule has 1 N–H and O–H groups in total. The van der Waals surface area contributed by atoms with Crippen molar-refractivity contribution in [3.63, 3.8) is 0 Å². The molecule has 2 rings (SSSR count). The molecule has 1 aromatic carbocycles. The van der Waals surface area contributed by atoms with E-state index in [-0.39, 0.29) is 5.56 Å². The van der Waals surface area contributed by atoms with Gasteiger partial charge >= 0.3 is 5.97 Å². The standard InChI is InChI=1S/C10H8Br2N4O3/c11-7-2-1-6(10(17)18)8(12)9(7)19-4-3-16-5-13-14-15-16/h1-2,5H,3-4H2,(H,17,18). The van der Waals surface area contributed by atoms with E-state index in [2.05, 4.69) is 47.4 Å².